The predicted molar refractivity (Wildman–Crippen MR) is 69.8 cm³/mol. The molecular formula is C14H12ClN. The molecule has 16 heavy (non-hydrogen) atoms. The summed E-state index contributed by atoms with van der Waals surface area (Å²) in [7, 11) is 0. The fraction of sp³-hybridized carbons (Fsp3) is 0.143. The highest BCUT2D eigenvalue weighted by Crippen LogP contribution is 2.28. The van der Waals surface area contributed by atoms with Gasteiger partial charge in [0.1, 0.15) is 0 Å². The summed E-state index contributed by atoms with van der Waals surface area (Å²) in [6.07, 6.45) is 7.50. The van der Waals surface area contributed by atoms with E-state index in [1.807, 2.05) is 18.2 Å². The molecule has 0 radical (unpaired) electrons. The Hall–Kier alpha value is -1.47. The van der Waals surface area contributed by atoms with Gasteiger partial charge in [-0.1, -0.05) is 29.3 Å². The highest BCUT2D eigenvalue weighted by molar-refractivity contribution is 6.31. The number of hydrogen-bond acceptors (Lipinski definition) is 0. The lowest BCUT2D eigenvalue weighted by atomic mass is 10.1. The summed E-state index contributed by atoms with van der Waals surface area (Å²) in [6.45, 7) is 2.12. The molecule has 0 fully saturated rings. The molecule has 3 rings (SSSR count). The van der Waals surface area contributed by atoms with E-state index < -0.39 is 0 Å². The maximum Gasteiger partial charge on any atom is 0.0462 e. The molecule has 1 nitrogen and oxygen atoms in total. The number of rotatable bonds is 0. The highest BCUT2D eigenvalue weighted by Gasteiger charge is 2.10. The fourth-order valence-corrected chi connectivity index (χ4v) is 2.32. The first-order chi connectivity index (χ1) is 7.74. The molecule has 1 aliphatic carbocycles. The van der Waals surface area contributed by atoms with Gasteiger partial charge in [-0.15, -0.1) is 0 Å². The SMILES string of the molecule is CC1=CCc2c([nH]c3ccc(Cl)cc23)C=C1. The van der Waals surface area contributed by atoms with Gasteiger partial charge in [0.05, 0.1) is 0 Å². The first-order valence-corrected chi connectivity index (χ1v) is 5.77. The van der Waals surface area contributed by atoms with E-state index in [4.69, 9.17) is 11.6 Å². The van der Waals surface area contributed by atoms with Gasteiger partial charge in [-0.3, -0.25) is 0 Å². The largest absolute Gasteiger partial charge is 0.355 e. The zero-order valence-electron chi connectivity index (χ0n) is 9.05. The van der Waals surface area contributed by atoms with Crippen molar-refractivity contribution in [3.8, 4) is 0 Å². The van der Waals surface area contributed by atoms with E-state index in [9.17, 15) is 0 Å². The Morgan fingerprint density at radius 3 is 3.00 bits per heavy atom. The van der Waals surface area contributed by atoms with Gasteiger partial charge in [-0.2, -0.15) is 0 Å². The molecule has 1 N–H and O–H groups in total. The van der Waals surface area contributed by atoms with Crippen LogP contribution in [0.25, 0.3) is 17.0 Å². The first kappa shape index (κ1) is 9.73. The van der Waals surface area contributed by atoms with Crippen molar-refractivity contribution in [1.29, 1.82) is 0 Å². The number of allylic oxidation sites excluding steroid dienone is 3. The third kappa shape index (κ3) is 1.48. The van der Waals surface area contributed by atoms with E-state index >= 15 is 0 Å². The molecule has 1 aliphatic rings. The van der Waals surface area contributed by atoms with Crippen LogP contribution < -0.4 is 0 Å². The van der Waals surface area contributed by atoms with Crippen molar-refractivity contribution in [2.24, 2.45) is 0 Å². The van der Waals surface area contributed by atoms with Crippen molar-refractivity contribution < 1.29 is 0 Å². The summed E-state index contributed by atoms with van der Waals surface area (Å²) >= 11 is 6.04. The maximum atomic E-state index is 6.04. The van der Waals surface area contributed by atoms with Crippen molar-refractivity contribution in [3.05, 3.63) is 52.2 Å². The summed E-state index contributed by atoms with van der Waals surface area (Å²) < 4.78 is 0. The summed E-state index contributed by atoms with van der Waals surface area (Å²) in [4.78, 5) is 3.43. The lowest BCUT2D eigenvalue weighted by molar-refractivity contribution is 1.25. The van der Waals surface area contributed by atoms with Crippen LogP contribution in [0.3, 0.4) is 0 Å². The quantitative estimate of drug-likeness (QED) is 0.692. The Kier molecular flexibility index (Phi) is 2.15. The summed E-state index contributed by atoms with van der Waals surface area (Å²) in [6, 6.07) is 6.00. The topological polar surface area (TPSA) is 15.8 Å². The molecule has 0 spiro atoms. The zero-order valence-corrected chi connectivity index (χ0v) is 9.81. The highest BCUT2D eigenvalue weighted by atomic mass is 35.5. The van der Waals surface area contributed by atoms with E-state index in [2.05, 4.69) is 30.1 Å². The van der Waals surface area contributed by atoms with Gasteiger partial charge in [0.25, 0.3) is 0 Å². The Bertz CT molecular complexity index is 617. The predicted octanol–water partition coefficient (Wildman–Crippen LogP) is 4.34. The molecule has 0 atom stereocenters. The van der Waals surface area contributed by atoms with E-state index in [-0.39, 0.29) is 0 Å². The average molecular weight is 230 g/mol. The van der Waals surface area contributed by atoms with Crippen molar-refractivity contribution >= 4 is 28.6 Å². The van der Waals surface area contributed by atoms with E-state index in [0.29, 0.717) is 0 Å². The minimum Gasteiger partial charge on any atom is -0.355 e. The molecule has 1 aromatic heterocycles. The second kappa shape index (κ2) is 3.53. The van der Waals surface area contributed by atoms with Gasteiger partial charge >= 0.3 is 0 Å². The van der Waals surface area contributed by atoms with Crippen molar-refractivity contribution in [1.82, 2.24) is 4.98 Å². The molecule has 80 valence electrons. The molecule has 0 amide bonds. The fourth-order valence-electron chi connectivity index (χ4n) is 2.15. The standard InChI is InChI=1S/C14H12ClN/c1-9-2-5-11-12-8-10(15)4-7-14(12)16-13(11)6-3-9/h2-4,6-8,16H,5H2,1H3. The van der Waals surface area contributed by atoms with Gasteiger partial charge in [0, 0.05) is 21.6 Å². The number of H-pyrrole nitrogens is 1. The molecular weight excluding hydrogens is 218 g/mol. The maximum absolute atomic E-state index is 6.04. The van der Waals surface area contributed by atoms with Crippen LogP contribution in [0.4, 0.5) is 0 Å². The van der Waals surface area contributed by atoms with E-state index in [1.54, 1.807) is 0 Å². The smallest absolute Gasteiger partial charge is 0.0462 e. The minimum atomic E-state index is 0.795. The second-order valence-corrected chi connectivity index (χ2v) is 4.63. The lowest BCUT2D eigenvalue weighted by Gasteiger charge is -1.96. The third-order valence-electron chi connectivity index (χ3n) is 3.04. The van der Waals surface area contributed by atoms with Gasteiger partial charge in [-0.05, 0) is 43.2 Å². The number of fused-ring (bicyclic) bond motifs is 3. The third-order valence-corrected chi connectivity index (χ3v) is 3.28. The Morgan fingerprint density at radius 1 is 1.25 bits per heavy atom. The minimum absolute atomic E-state index is 0.795. The summed E-state index contributed by atoms with van der Waals surface area (Å²) in [5.74, 6) is 0. The molecule has 0 aliphatic heterocycles. The van der Waals surface area contributed by atoms with Crippen LogP contribution in [0.2, 0.25) is 5.02 Å². The molecule has 1 heterocycles. The van der Waals surface area contributed by atoms with Crippen LogP contribution in [0, 0.1) is 0 Å². The second-order valence-electron chi connectivity index (χ2n) is 4.19. The molecule has 0 unspecified atom stereocenters. The van der Waals surface area contributed by atoms with Gasteiger partial charge in [0.2, 0.25) is 0 Å². The molecule has 0 saturated heterocycles. The van der Waals surface area contributed by atoms with Gasteiger partial charge in [-0.25, -0.2) is 0 Å². The van der Waals surface area contributed by atoms with Crippen LogP contribution in [0.15, 0.2) is 35.9 Å². The lowest BCUT2D eigenvalue weighted by Crippen LogP contribution is -1.81. The molecule has 1 aromatic carbocycles. The molecule has 2 heteroatoms. The first-order valence-electron chi connectivity index (χ1n) is 5.39. The number of nitrogens with one attached hydrogen (secondary N) is 1. The monoisotopic (exact) mass is 229 g/mol. The Morgan fingerprint density at radius 2 is 2.12 bits per heavy atom. The van der Waals surface area contributed by atoms with Gasteiger partial charge < -0.3 is 4.98 Å². The molecule has 0 saturated carbocycles. The zero-order chi connectivity index (χ0) is 11.1. The van der Waals surface area contributed by atoms with Crippen molar-refractivity contribution in [2.45, 2.75) is 13.3 Å². The van der Waals surface area contributed by atoms with Crippen LogP contribution in [0.5, 0.6) is 0 Å². The number of aromatic amines is 1. The number of aromatic nitrogens is 1. The molecule has 0 bridgehead atoms. The summed E-state index contributed by atoms with van der Waals surface area (Å²) in [5, 5.41) is 2.03. The van der Waals surface area contributed by atoms with Crippen LogP contribution >= 0.6 is 11.6 Å². The van der Waals surface area contributed by atoms with Gasteiger partial charge in [0.15, 0.2) is 0 Å². The molecule has 2 aromatic rings. The van der Waals surface area contributed by atoms with Crippen molar-refractivity contribution in [3.63, 3.8) is 0 Å². The Balaban J connectivity index is 2.29. The van der Waals surface area contributed by atoms with E-state index in [1.165, 1.54) is 22.2 Å². The van der Waals surface area contributed by atoms with E-state index in [0.717, 1.165) is 17.0 Å². The number of hydrogen-bond donors (Lipinski definition) is 1. The van der Waals surface area contributed by atoms with Crippen LogP contribution in [-0.2, 0) is 6.42 Å². The average Bonchev–Trinajstić information content (AvgIpc) is 2.50. The number of benzene rings is 1. The van der Waals surface area contributed by atoms with Crippen LogP contribution in [-0.4, -0.2) is 4.98 Å². The van der Waals surface area contributed by atoms with Crippen LogP contribution in [0.1, 0.15) is 18.2 Å². The number of halogens is 1. The normalized spacial score (nSPS) is 14.8. The van der Waals surface area contributed by atoms with Crippen molar-refractivity contribution in [2.75, 3.05) is 0 Å². The Labute approximate surface area is 99.4 Å². The summed E-state index contributed by atoms with van der Waals surface area (Å²) in [5.41, 5.74) is 5.00.